The van der Waals surface area contributed by atoms with Crippen molar-refractivity contribution in [2.24, 2.45) is 16.1 Å². The number of hydrogen-bond acceptors (Lipinski definition) is 6. The van der Waals surface area contributed by atoms with E-state index in [-0.39, 0.29) is 6.04 Å². The average molecular weight is 219 g/mol. The quantitative estimate of drug-likeness (QED) is 0.737. The number of nitrogens with two attached hydrogens (primary N) is 1. The van der Waals surface area contributed by atoms with Crippen LogP contribution in [0.25, 0.3) is 0 Å². The lowest BCUT2D eigenvalue weighted by Gasteiger charge is -2.32. The normalized spacial score (nSPS) is 28.3. The number of fused-ring (bicyclic) bond motifs is 1. The van der Waals surface area contributed by atoms with Crippen molar-refractivity contribution in [1.82, 2.24) is 10.5 Å². The Balaban J connectivity index is 1.93. The standard InChI is InChI=1S/C10H13N5O/c11-10-12-13-14-15(10)8-5-6-16-9-4-2-1-3-7(8)9/h1-4,8,10H,5-6,11H2,(H,12,14). The van der Waals surface area contributed by atoms with Crippen LogP contribution in [0.5, 0.6) is 5.75 Å². The molecule has 1 aromatic carbocycles. The van der Waals surface area contributed by atoms with Crippen LogP contribution in [0.3, 0.4) is 0 Å². The van der Waals surface area contributed by atoms with Gasteiger partial charge in [0.15, 0.2) is 6.29 Å². The predicted molar refractivity (Wildman–Crippen MR) is 57.1 cm³/mol. The molecule has 1 aromatic rings. The zero-order valence-electron chi connectivity index (χ0n) is 8.71. The molecule has 0 radical (unpaired) electrons. The first-order valence-corrected chi connectivity index (χ1v) is 5.27. The average Bonchev–Trinajstić information content (AvgIpc) is 2.75. The van der Waals surface area contributed by atoms with Gasteiger partial charge in [0.1, 0.15) is 5.75 Å². The highest BCUT2D eigenvalue weighted by molar-refractivity contribution is 5.37. The highest BCUT2D eigenvalue weighted by atomic mass is 16.5. The van der Waals surface area contributed by atoms with Gasteiger partial charge in [0.2, 0.25) is 0 Å². The molecule has 0 saturated carbocycles. The fraction of sp³-hybridized carbons (Fsp3) is 0.400. The second kappa shape index (κ2) is 3.73. The molecule has 0 aliphatic carbocycles. The summed E-state index contributed by atoms with van der Waals surface area (Å²) in [6.45, 7) is 0.687. The van der Waals surface area contributed by atoms with E-state index in [0.29, 0.717) is 6.61 Å². The molecule has 3 N–H and O–H groups in total. The van der Waals surface area contributed by atoms with Crippen molar-refractivity contribution in [3.8, 4) is 5.75 Å². The van der Waals surface area contributed by atoms with Gasteiger partial charge in [0.05, 0.1) is 12.6 Å². The second-order valence-electron chi connectivity index (χ2n) is 3.83. The number of ether oxygens (including phenoxy) is 1. The molecule has 84 valence electrons. The highest BCUT2D eigenvalue weighted by Crippen LogP contribution is 2.36. The van der Waals surface area contributed by atoms with E-state index in [0.717, 1.165) is 17.7 Å². The van der Waals surface area contributed by atoms with Crippen LogP contribution in [0, 0.1) is 0 Å². The summed E-state index contributed by atoms with van der Waals surface area (Å²) in [6, 6.07) is 8.14. The molecular formula is C10H13N5O. The summed E-state index contributed by atoms with van der Waals surface area (Å²) in [5.74, 6) is 0.916. The third kappa shape index (κ3) is 1.43. The number of hydrogen-bond donors (Lipinski definition) is 2. The van der Waals surface area contributed by atoms with Gasteiger partial charge >= 0.3 is 0 Å². The monoisotopic (exact) mass is 219 g/mol. The van der Waals surface area contributed by atoms with Gasteiger partial charge < -0.3 is 4.74 Å². The summed E-state index contributed by atoms with van der Waals surface area (Å²) < 4.78 is 5.59. The van der Waals surface area contributed by atoms with Crippen LogP contribution in [0.15, 0.2) is 34.6 Å². The van der Waals surface area contributed by atoms with E-state index >= 15 is 0 Å². The van der Waals surface area contributed by atoms with Gasteiger partial charge in [-0.3, -0.25) is 5.73 Å². The Labute approximate surface area is 93.0 Å². The minimum absolute atomic E-state index is 0.162. The molecule has 6 heteroatoms. The lowest BCUT2D eigenvalue weighted by Crippen LogP contribution is -2.46. The largest absolute Gasteiger partial charge is 0.493 e. The Kier molecular flexibility index (Phi) is 2.23. The minimum atomic E-state index is -0.420. The van der Waals surface area contributed by atoms with Crippen LogP contribution in [-0.2, 0) is 0 Å². The summed E-state index contributed by atoms with van der Waals surface area (Å²) in [5, 5.41) is 9.42. The smallest absolute Gasteiger partial charge is 0.194 e. The predicted octanol–water partition coefficient (Wildman–Crippen LogP) is 0.940. The summed E-state index contributed by atoms with van der Waals surface area (Å²) in [6.07, 6.45) is 0.458. The third-order valence-corrected chi connectivity index (χ3v) is 2.88. The summed E-state index contributed by atoms with van der Waals surface area (Å²) >= 11 is 0. The summed E-state index contributed by atoms with van der Waals surface area (Å²) in [7, 11) is 0. The molecule has 16 heavy (non-hydrogen) atoms. The molecule has 2 aliphatic rings. The van der Waals surface area contributed by atoms with Crippen molar-refractivity contribution in [2.75, 3.05) is 6.61 Å². The topological polar surface area (TPSA) is 75.2 Å². The van der Waals surface area contributed by atoms with Gasteiger partial charge in [-0.1, -0.05) is 23.4 Å². The number of nitrogens with zero attached hydrogens (tertiary/aromatic N) is 3. The molecular weight excluding hydrogens is 206 g/mol. The van der Waals surface area contributed by atoms with E-state index in [1.807, 2.05) is 29.3 Å². The maximum absolute atomic E-state index is 5.83. The molecule has 0 fully saturated rings. The van der Waals surface area contributed by atoms with Crippen molar-refractivity contribution in [2.45, 2.75) is 18.8 Å². The fourth-order valence-electron chi connectivity index (χ4n) is 2.12. The van der Waals surface area contributed by atoms with Crippen LogP contribution in [0.1, 0.15) is 18.0 Å². The van der Waals surface area contributed by atoms with E-state index in [1.165, 1.54) is 0 Å². The Bertz CT molecular complexity index is 421. The molecule has 0 aromatic heterocycles. The maximum Gasteiger partial charge on any atom is 0.194 e. The van der Waals surface area contributed by atoms with E-state index in [1.54, 1.807) is 0 Å². The van der Waals surface area contributed by atoms with Gasteiger partial charge in [-0.15, -0.1) is 5.11 Å². The molecule has 0 amide bonds. The van der Waals surface area contributed by atoms with Crippen LogP contribution in [0.2, 0.25) is 0 Å². The molecule has 2 aliphatic heterocycles. The second-order valence-corrected chi connectivity index (χ2v) is 3.83. The zero-order chi connectivity index (χ0) is 11.0. The Morgan fingerprint density at radius 3 is 3.12 bits per heavy atom. The van der Waals surface area contributed by atoms with E-state index in [9.17, 15) is 0 Å². The third-order valence-electron chi connectivity index (χ3n) is 2.88. The number of hydrazine groups is 1. The highest BCUT2D eigenvalue weighted by Gasteiger charge is 2.32. The van der Waals surface area contributed by atoms with Gasteiger partial charge in [0, 0.05) is 12.0 Å². The van der Waals surface area contributed by atoms with Crippen LogP contribution in [0.4, 0.5) is 0 Å². The molecule has 0 spiro atoms. The molecule has 2 atom stereocenters. The molecule has 2 unspecified atom stereocenters. The van der Waals surface area contributed by atoms with E-state index in [2.05, 4.69) is 15.9 Å². The maximum atomic E-state index is 5.83. The van der Waals surface area contributed by atoms with Crippen LogP contribution < -0.4 is 16.0 Å². The first-order valence-electron chi connectivity index (χ1n) is 5.27. The van der Waals surface area contributed by atoms with Gasteiger partial charge in [-0.25, -0.2) is 5.53 Å². The number of rotatable bonds is 1. The van der Waals surface area contributed by atoms with Crippen molar-refractivity contribution >= 4 is 0 Å². The Morgan fingerprint density at radius 2 is 2.31 bits per heavy atom. The Morgan fingerprint density at radius 1 is 1.44 bits per heavy atom. The van der Waals surface area contributed by atoms with Crippen molar-refractivity contribution in [3.63, 3.8) is 0 Å². The SMILES string of the molecule is NC1N=NNN1C1CCOc2ccccc21. The summed E-state index contributed by atoms with van der Waals surface area (Å²) in [5.41, 5.74) is 9.79. The Hall–Kier alpha value is -1.66. The minimum Gasteiger partial charge on any atom is -0.493 e. The molecule has 6 nitrogen and oxygen atoms in total. The number of para-hydroxylation sites is 1. The zero-order valence-corrected chi connectivity index (χ0v) is 8.71. The van der Waals surface area contributed by atoms with Crippen LogP contribution in [-0.4, -0.2) is 17.9 Å². The molecule has 0 bridgehead atoms. The lowest BCUT2D eigenvalue weighted by atomic mass is 10.0. The van der Waals surface area contributed by atoms with Crippen molar-refractivity contribution in [1.29, 1.82) is 0 Å². The van der Waals surface area contributed by atoms with Crippen molar-refractivity contribution < 1.29 is 4.74 Å². The van der Waals surface area contributed by atoms with Crippen LogP contribution >= 0.6 is 0 Å². The first kappa shape index (κ1) is 9.56. The number of benzene rings is 1. The van der Waals surface area contributed by atoms with Gasteiger partial charge in [0.25, 0.3) is 0 Å². The van der Waals surface area contributed by atoms with Gasteiger partial charge in [-0.2, -0.15) is 5.01 Å². The van der Waals surface area contributed by atoms with Crippen molar-refractivity contribution in [3.05, 3.63) is 29.8 Å². The summed E-state index contributed by atoms with van der Waals surface area (Å²) in [4.78, 5) is 0. The lowest BCUT2D eigenvalue weighted by molar-refractivity contribution is 0.0770. The van der Waals surface area contributed by atoms with Gasteiger partial charge in [-0.05, 0) is 6.07 Å². The fourth-order valence-corrected chi connectivity index (χ4v) is 2.12. The number of nitrogens with one attached hydrogen (secondary N) is 1. The molecule has 3 rings (SSSR count). The van der Waals surface area contributed by atoms with E-state index < -0.39 is 6.29 Å². The molecule has 2 heterocycles. The molecule has 0 saturated heterocycles. The van der Waals surface area contributed by atoms with E-state index in [4.69, 9.17) is 10.5 Å². The first-order chi connectivity index (χ1) is 7.86.